The Hall–Kier alpha value is -2.61. The Kier molecular flexibility index (Phi) is 3.69. The molecule has 2 aromatic rings. The number of rotatable bonds is 3. The number of aromatic nitrogens is 2. The van der Waals surface area contributed by atoms with E-state index in [2.05, 4.69) is 31.9 Å². The minimum atomic E-state index is -0.332. The van der Waals surface area contributed by atoms with E-state index in [1.165, 1.54) is 0 Å². The molecule has 0 spiro atoms. The van der Waals surface area contributed by atoms with Gasteiger partial charge in [0.25, 0.3) is 5.91 Å². The molecule has 0 radical (unpaired) electrons. The zero-order chi connectivity index (χ0) is 18.5. The molecule has 2 fully saturated rings. The summed E-state index contributed by atoms with van der Waals surface area (Å²) in [6.45, 7) is 7.04. The number of hydrogen-bond acceptors (Lipinski definition) is 3. The van der Waals surface area contributed by atoms with Crippen LogP contribution in [0.3, 0.4) is 0 Å². The predicted octanol–water partition coefficient (Wildman–Crippen LogP) is 3.71. The molecular formula is C21H24N4O. The van der Waals surface area contributed by atoms with E-state index in [-0.39, 0.29) is 22.8 Å². The maximum Gasteiger partial charge on any atom is 0.251 e. The fourth-order valence-electron chi connectivity index (χ4n) is 3.64. The van der Waals surface area contributed by atoms with E-state index in [1.54, 1.807) is 0 Å². The van der Waals surface area contributed by atoms with Gasteiger partial charge in [0, 0.05) is 23.8 Å². The van der Waals surface area contributed by atoms with E-state index < -0.39 is 0 Å². The van der Waals surface area contributed by atoms with E-state index in [0.29, 0.717) is 6.54 Å². The lowest BCUT2D eigenvalue weighted by Crippen LogP contribution is -2.29. The third kappa shape index (κ3) is 2.70. The number of benzene rings is 1. The van der Waals surface area contributed by atoms with Gasteiger partial charge in [-0.15, -0.1) is 0 Å². The quantitative estimate of drug-likeness (QED) is 0.849. The molecule has 1 atom stereocenters. The molecule has 2 heterocycles. The topological polar surface area (TPSA) is 61.9 Å². The summed E-state index contributed by atoms with van der Waals surface area (Å²) >= 11 is 0. The van der Waals surface area contributed by atoms with E-state index in [4.69, 9.17) is 0 Å². The molecule has 4 rings (SSSR count). The molecule has 1 aromatic carbocycles. The molecule has 26 heavy (non-hydrogen) atoms. The number of hydrogen-bond donors (Lipinski definition) is 0. The van der Waals surface area contributed by atoms with Crippen LogP contribution in [-0.4, -0.2) is 22.2 Å². The number of amides is 1. The largest absolute Gasteiger partial charge is 0.310 e. The summed E-state index contributed by atoms with van der Waals surface area (Å²) in [7, 11) is 0. The molecule has 1 aliphatic heterocycles. The summed E-state index contributed by atoms with van der Waals surface area (Å²) in [4.78, 5) is 14.8. The first-order chi connectivity index (χ1) is 12.3. The van der Waals surface area contributed by atoms with E-state index in [0.717, 1.165) is 36.2 Å². The van der Waals surface area contributed by atoms with Crippen molar-refractivity contribution in [1.82, 2.24) is 9.78 Å². The van der Waals surface area contributed by atoms with Crippen molar-refractivity contribution >= 4 is 11.6 Å². The number of anilines is 1. The van der Waals surface area contributed by atoms with E-state index >= 15 is 0 Å². The second kappa shape index (κ2) is 5.70. The molecule has 0 bridgehead atoms. The third-order valence-electron chi connectivity index (χ3n) is 5.55. The second-order valence-corrected chi connectivity index (χ2v) is 8.47. The van der Waals surface area contributed by atoms with Crippen LogP contribution < -0.4 is 4.90 Å². The van der Waals surface area contributed by atoms with Gasteiger partial charge in [-0.1, -0.05) is 32.9 Å². The second-order valence-electron chi connectivity index (χ2n) is 8.47. The molecule has 0 N–H and O–H groups in total. The number of nitriles is 1. The van der Waals surface area contributed by atoms with Crippen LogP contribution in [0.25, 0.3) is 0 Å². The van der Waals surface area contributed by atoms with Crippen LogP contribution in [0.2, 0.25) is 0 Å². The van der Waals surface area contributed by atoms with Crippen molar-refractivity contribution in [2.24, 2.45) is 0 Å². The van der Waals surface area contributed by atoms with Gasteiger partial charge >= 0.3 is 0 Å². The highest BCUT2D eigenvalue weighted by molar-refractivity contribution is 5.98. The summed E-state index contributed by atoms with van der Waals surface area (Å²) in [6, 6.07) is 12.1. The Labute approximate surface area is 154 Å². The Morgan fingerprint density at radius 3 is 2.65 bits per heavy atom. The summed E-state index contributed by atoms with van der Waals surface area (Å²) < 4.78 is 1.81. The highest BCUT2D eigenvalue weighted by atomic mass is 16.2. The summed E-state index contributed by atoms with van der Waals surface area (Å²) in [5.74, 6) is 0.0764. The highest BCUT2D eigenvalue weighted by Gasteiger charge is 2.45. The summed E-state index contributed by atoms with van der Waals surface area (Å²) in [6.07, 6.45) is 4.48. The molecular weight excluding hydrogens is 324 g/mol. The first-order valence-corrected chi connectivity index (χ1v) is 9.23. The van der Waals surface area contributed by atoms with Gasteiger partial charge < -0.3 is 4.90 Å². The molecule has 1 saturated heterocycles. The van der Waals surface area contributed by atoms with Crippen LogP contribution in [0.1, 0.15) is 57.3 Å². The molecule has 1 aromatic heterocycles. The molecule has 2 aliphatic rings. The zero-order valence-electron chi connectivity index (χ0n) is 15.6. The molecule has 1 saturated carbocycles. The van der Waals surface area contributed by atoms with Gasteiger partial charge in [-0.25, -0.2) is 0 Å². The summed E-state index contributed by atoms with van der Waals surface area (Å²) in [5, 5.41) is 14.1. The van der Waals surface area contributed by atoms with Gasteiger partial charge in [0.2, 0.25) is 0 Å². The van der Waals surface area contributed by atoms with Gasteiger partial charge in [0.05, 0.1) is 17.2 Å². The fourth-order valence-corrected chi connectivity index (χ4v) is 3.64. The van der Waals surface area contributed by atoms with E-state index in [9.17, 15) is 10.1 Å². The Balaban J connectivity index is 1.58. The zero-order valence-corrected chi connectivity index (χ0v) is 15.6. The van der Waals surface area contributed by atoms with Gasteiger partial charge in [-0.3, -0.25) is 9.48 Å². The van der Waals surface area contributed by atoms with Crippen molar-refractivity contribution in [3.05, 3.63) is 47.8 Å². The van der Waals surface area contributed by atoms with Gasteiger partial charge in [-0.2, -0.15) is 10.4 Å². The maximum atomic E-state index is 13.0. The van der Waals surface area contributed by atoms with Crippen molar-refractivity contribution < 1.29 is 4.79 Å². The van der Waals surface area contributed by atoms with Gasteiger partial charge in [-0.05, 0) is 43.0 Å². The molecule has 1 unspecified atom stereocenters. The Morgan fingerprint density at radius 1 is 1.27 bits per heavy atom. The molecule has 1 aliphatic carbocycles. The minimum absolute atomic E-state index is 0.0310. The van der Waals surface area contributed by atoms with Crippen molar-refractivity contribution in [3.8, 4) is 6.07 Å². The van der Waals surface area contributed by atoms with Crippen LogP contribution in [0.15, 0.2) is 36.5 Å². The van der Waals surface area contributed by atoms with Crippen molar-refractivity contribution in [2.75, 3.05) is 11.4 Å². The average Bonchev–Trinajstić information content (AvgIpc) is 3.07. The first-order valence-electron chi connectivity index (χ1n) is 9.23. The normalized spacial score (nSPS) is 21.7. The Morgan fingerprint density at radius 2 is 2.04 bits per heavy atom. The lowest BCUT2D eigenvalue weighted by molar-refractivity contribution is -0.120. The monoisotopic (exact) mass is 348 g/mol. The fraction of sp³-hybridized carbons (Fsp3) is 0.476. The maximum absolute atomic E-state index is 13.0. The van der Waals surface area contributed by atoms with Crippen LogP contribution in [-0.2, 0) is 15.6 Å². The molecule has 134 valence electrons. The highest BCUT2D eigenvalue weighted by Crippen LogP contribution is 2.48. The van der Waals surface area contributed by atoms with Crippen molar-refractivity contribution in [1.29, 1.82) is 5.26 Å². The minimum Gasteiger partial charge on any atom is -0.310 e. The van der Waals surface area contributed by atoms with Gasteiger partial charge in [0.1, 0.15) is 6.04 Å². The number of carbonyl (C=O) groups excluding carboxylic acids is 1. The third-order valence-corrected chi connectivity index (χ3v) is 5.55. The number of nitrogens with zero attached hydrogens (tertiary/aromatic N) is 4. The van der Waals surface area contributed by atoms with Crippen LogP contribution in [0.5, 0.6) is 0 Å². The summed E-state index contributed by atoms with van der Waals surface area (Å²) in [5.41, 5.74) is 2.55. The van der Waals surface area contributed by atoms with Crippen LogP contribution in [0.4, 0.5) is 5.69 Å². The average molecular weight is 348 g/mol. The lowest BCUT2D eigenvalue weighted by atomic mass is 9.93. The van der Waals surface area contributed by atoms with Crippen LogP contribution >= 0.6 is 0 Å². The molecule has 1 amide bonds. The SMILES string of the molecule is CC(C)(C)c1ccn(C2CCN(c3cccc(C4(C#N)CC4)c3)C2=O)n1. The predicted molar refractivity (Wildman–Crippen MR) is 99.9 cm³/mol. The Bertz CT molecular complexity index is 895. The van der Waals surface area contributed by atoms with Crippen molar-refractivity contribution in [2.45, 2.75) is 56.9 Å². The van der Waals surface area contributed by atoms with Crippen molar-refractivity contribution in [3.63, 3.8) is 0 Å². The standard InChI is InChI=1S/C21H24N4O/c1-20(2,3)18-8-12-25(23-18)17-7-11-24(19(17)26)16-6-4-5-15(13-16)21(14-22)9-10-21/h4-6,8,12-13,17H,7,9-11H2,1-3H3. The smallest absolute Gasteiger partial charge is 0.251 e. The molecule has 5 nitrogen and oxygen atoms in total. The molecule has 5 heteroatoms. The lowest BCUT2D eigenvalue weighted by Gasteiger charge is -2.19. The van der Waals surface area contributed by atoms with Crippen LogP contribution in [0, 0.1) is 11.3 Å². The first kappa shape index (κ1) is 16.8. The number of carbonyl (C=O) groups is 1. The van der Waals surface area contributed by atoms with E-state index in [1.807, 2.05) is 46.1 Å². The van der Waals surface area contributed by atoms with Gasteiger partial charge in [0.15, 0.2) is 0 Å².